The van der Waals surface area contributed by atoms with Gasteiger partial charge in [0.05, 0.1) is 10.9 Å². The number of rotatable bonds is 2. The van der Waals surface area contributed by atoms with Crippen LogP contribution in [0.5, 0.6) is 5.88 Å². The molecule has 0 fully saturated rings. The minimum atomic E-state index is -0.306. The third-order valence-electron chi connectivity index (χ3n) is 3.75. The normalized spacial score (nSPS) is 10.9. The molecule has 0 aliphatic heterocycles. The average Bonchev–Trinajstić information content (AvgIpc) is 2.62. The van der Waals surface area contributed by atoms with Gasteiger partial charge in [-0.2, -0.15) is 4.98 Å². The van der Waals surface area contributed by atoms with E-state index in [1.807, 2.05) is 18.2 Å². The molecule has 2 aromatic heterocycles. The summed E-state index contributed by atoms with van der Waals surface area (Å²) < 4.78 is 13.4. The second-order valence-corrected chi connectivity index (χ2v) is 5.35. The number of pyridine rings is 1. The fraction of sp³-hybridized carbons (Fsp3) is 0. The van der Waals surface area contributed by atoms with E-state index in [0.717, 1.165) is 16.7 Å². The third-order valence-corrected chi connectivity index (χ3v) is 3.75. The number of halogens is 1. The number of benzene rings is 2. The topological polar surface area (TPSA) is 58.9 Å². The van der Waals surface area contributed by atoms with Crippen molar-refractivity contribution in [2.24, 2.45) is 0 Å². The molecule has 0 saturated heterocycles. The lowest BCUT2D eigenvalue weighted by Crippen LogP contribution is -1.92. The summed E-state index contributed by atoms with van der Waals surface area (Å²) in [5.74, 6) is -0.0105. The second kappa shape index (κ2) is 5.70. The van der Waals surface area contributed by atoms with Crippen molar-refractivity contribution in [2.45, 2.75) is 0 Å². The van der Waals surface area contributed by atoms with E-state index in [0.29, 0.717) is 16.7 Å². The van der Waals surface area contributed by atoms with Gasteiger partial charge >= 0.3 is 0 Å². The maximum Gasteiger partial charge on any atom is 0.222 e. The van der Waals surface area contributed by atoms with Gasteiger partial charge in [0, 0.05) is 18.0 Å². The third kappa shape index (κ3) is 2.56. The Morgan fingerprint density at radius 1 is 0.833 bits per heavy atom. The Morgan fingerprint density at radius 2 is 1.67 bits per heavy atom. The molecule has 0 aliphatic carbocycles. The number of hydrogen-bond acceptors (Lipinski definition) is 4. The van der Waals surface area contributed by atoms with Crippen molar-refractivity contribution < 1.29 is 9.50 Å². The molecule has 0 bridgehead atoms. The standard InChI is InChI=1S/C19H12FN3O/c20-15-5-1-3-12(9-15)13-6-7-17-16(10-13)19(24)23-18(22-17)14-4-2-8-21-11-14/h1-11H,(H,22,23,24). The van der Waals surface area contributed by atoms with Gasteiger partial charge < -0.3 is 5.11 Å². The zero-order valence-corrected chi connectivity index (χ0v) is 12.5. The van der Waals surface area contributed by atoms with Crippen LogP contribution >= 0.6 is 0 Å². The van der Waals surface area contributed by atoms with Crippen LogP contribution in [-0.2, 0) is 0 Å². The van der Waals surface area contributed by atoms with Crippen LogP contribution < -0.4 is 0 Å². The molecule has 0 unspecified atom stereocenters. The minimum absolute atomic E-state index is 0.114. The highest BCUT2D eigenvalue weighted by molar-refractivity contribution is 5.89. The summed E-state index contributed by atoms with van der Waals surface area (Å²) in [5.41, 5.74) is 2.85. The van der Waals surface area contributed by atoms with Crippen LogP contribution in [0.4, 0.5) is 4.39 Å². The van der Waals surface area contributed by atoms with Gasteiger partial charge in [-0.05, 0) is 47.5 Å². The average molecular weight is 317 g/mol. The van der Waals surface area contributed by atoms with Crippen molar-refractivity contribution in [1.82, 2.24) is 15.0 Å². The van der Waals surface area contributed by atoms with Crippen LogP contribution in [0.2, 0.25) is 0 Å². The van der Waals surface area contributed by atoms with Gasteiger partial charge in [0.2, 0.25) is 5.88 Å². The van der Waals surface area contributed by atoms with Crippen molar-refractivity contribution in [1.29, 1.82) is 0 Å². The van der Waals surface area contributed by atoms with Crippen LogP contribution in [0.25, 0.3) is 33.4 Å². The van der Waals surface area contributed by atoms with Crippen molar-refractivity contribution in [3.8, 4) is 28.4 Å². The summed E-state index contributed by atoms with van der Waals surface area (Å²) in [4.78, 5) is 12.7. The SMILES string of the molecule is Oc1nc(-c2cccnc2)nc2ccc(-c3cccc(F)c3)cc12. The van der Waals surface area contributed by atoms with Gasteiger partial charge in [-0.25, -0.2) is 9.37 Å². The Bertz CT molecular complexity index is 1040. The van der Waals surface area contributed by atoms with Gasteiger partial charge in [-0.15, -0.1) is 0 Å². The maximum absolute atomic E-state index is 13.4. The van der Waals surface area contributed by atoms with E-state index in [2.05, 4.69) is 15.0 Å². The molecule has 2 heterocycles. The van der Waals surface area contributed by atoms with Crippen molar-refractivity contribution >= 4 is 10.9 Å². The number of hydrogen-bond donors (Lipinski definition) is 1. The van der Waals surface area contributed by atoms with Gasteiger partial charge in [-0.1, -0.05) is 18.2 Å². The molecule has 0 atom stereocenters. The molecular formula is C19H12FN3O. The first kappa shape index (κ1) is 14.3. The van der Waals surface area contributed by atoms with Gasteiger partial charge in [0.1, 0.15) is 5.82 Å². The second-order valence-electron chi connectivity index (χ2n) is 5.35. The molecule has 4 rings (SSSR count). The van der Waals surface area contributed by atoms with Crippen LogP contribution in [-0.4, -0.2) is 20.1 Å². The van der Waals surface area contributed by atoms with E-state index in [1.54, 1.807) is 36.7 Å². The molecule has 0 radical (unpaired) electrons. The Labute approximate surface area is 137 Å². The summed E-state index contributed by atoms with van der Waals surface area (Å²) in [6.07, 6.45) is 3.30. The summed E-state index contributed by atoms with van der Waals surface area (Å²) in [6, 6.07) is 15.3. The largest absolute Gasteiger partial charge is 0.493 e. The predicted octanol–water partition coefficient (Wildman–Crippen LogP) is 4.20. The lowest BCUT2D eigenvalue weighted by molar-refractivity contribution is 0.460. The van der Waals surface area contributed by atoms with Crippen LogP contribution in [0.1, 0.15) is 0 Å². The Balaban J connectivity index is 1.85. The zero-order valence-electron chi connectivity index (χ0n) is 12.5. The smallest absolute Gasteiger partial charge is 0.222 e. The molecule has 1 N–H and O–H groups in total. The fourth-order valence-electron chi connectivity index (χ4n) is 2.58. The molecule has 0 saturated carbocycles. The quantitative estimate of drug-likeness (QED) is 0.602. The van der Waals surface area contributed by atoms with E-state index in [4.69, 9.17) is 0 Å². The van der Waals surface area contributed by atoms with Crippen molar-refractivity contribution in [3.63, 3.8) is 0 Å². The molecule has 5 heteroatoms. The molecule has 0 spiro atoms. The molecule has 2 aromatic carbocycles. The van der Waals surface area contributed by atoms with E-state index in [1.165, 1.54) is 12.1 Å². The first-order valence-electron chi connectivity index (χ1n) is 7.38. The molecule has 4 aromatic rings. The molecular weight excluding hydrogens is 305 g/mol. The van der Waals surface area contributed by atoms with Crippen LogP contribution in [0.3, 0.4) is 0 Å². The Kier molecular flexibility index (Phi) is 3.39. The van der Waals surface area contributed by atoms with E-state index in [9.17, 15) is 9.50 Å². The van der Waals surface area contributed by atoms with Gasteiger partial charge in [0.25, 0.3) is 0 Å². The summed E-state index contributed by atoms with van der Waals surface area (Å²) in [7, 11) is 0. The number of fused-ring (bicyclic) bond motifs is 1. The predicted molar refractivity (Wildman–Crippen MR) is 89.8 cm³/mol. The van der Waals surface area contributed by atoms with Crippen LogP contribution in [0, 0.1) is 5.82 Å². The Morgan fingerprint density at radius 3 is 2.46 bits per heavy atom. The minimum Gasteiger partial charge on any atom is -0.493 e. The zero-order chi connectivity index (χ0) is 16.5. The highest BCUT2D eigenvalue weighted by Crippen LogP contribution is 2.30. The van der Waals surface area contributed by atoms with Gasteiger partial charge in [0.15, 0.2) is 5.82 Å². The Hall–Kier alpha value is -3.34. The van der Waals surface area contributed by atoms with E-state index >= 15 is 0 Å². The number of aromatic nitrogens is 3. The molecule has 0 aliphatic rings. The number of nitrogens with zero attached hydrogens (tertiary/aromatic N) is 3. The highest BCUT2D eigenvalue weighted by atomic mass is 19.1. The fourth-order valence-corrected chi connectivity index (χ4v) is 2.58. The summed E-state index contributed by atoms with van der Waals surface area (Å²) in [6.45, 7) is 0. The molecule has 4 nitrogen and oxygen atoms in total. The monoisotopic (exact) mass is 317 g/mol. The molecule has 24 heavy (non-hydrogen) atoms. The molecule has 116 valence electrons. The van der Waals surface area contributed by atoms with Crippen LogP contribution in [0.15, 0.2) is 67.0 Å². The maximum atomic E-state index is 13.4. The first-order valence-corrected chi connectivity index (χ1v) is 7.38. The summed E-state index contributed by atoms with van der Waals surface area (Å²) in [5, 5.41) is 10.8. The highest BCUT2D eigenvalue weighted by Gasteiger charge is 2.10. The lowest BCUT2D eigenvalue weighted by Gasteiger charge is -2.07. The van der Waals surface area contributed by atoms with Crippen molar-refractivity contribution in [2.75, 3.05) is 0 Å². The van der Waals surface area contributed by atoms with E-state index in [-0.39, 0.29) is 11.7 Å². The van der Waals surface area contributed by atoms with Gasteiger partial charge in [-0.3, -0.25) is 4.98 Å². The first-order chi connectivity index (χ1) is 11.7. The lowest BCUT2D eigenvalue weighted by atomic mass is 10.0. The van der Waals surface area contributed by atoms with Crippen molar-refractivity contribution in [3.05, 3.63) is 72.8 Å². The summed E-state index contributed by atoms with van der Waals surface area (Å²) >= 11 is 0. The molecule has 0 amide bonds. The number of aromatic hydroxyl groups is 1. The van der Waals surface area contributed by atoms with E-state index < -0.39 is 0 Å².